The normalized spacial score (nSPS) is 20.7. The highest BCUT2D eigenvalue weighted by atomic mass is 32.2. The van der Waals surface area contributed by atoms with E-state index in [1.54, 1.807) is 12.1 Å². The van der Waals surface area contributed by atoms with Gasteiger partial charge < -0.3 is 15.1 Å². The lowest BCUT2D eigenvalue weighted by molar-refractivity contribution is -0.137. The van der Waals surface area contributed by atoms with Gasteiger partial charge in [-0.05, 0) is 42.5 Å². The van der Waals surface area contributed by atoms with Gasteiger partial charge in [-0.3, -0.25) is 4.79 Å². The maximum Gasteiger partial charge on any atom is 0.416 e. The third kappa shape index (κ3) is 4.30. The lowest BCUT2D eigenvalue weighted by Crippen LogP contribution is -2.58. The summed E-state index contributed by atoms with van der Waals surface area (Å²) in [5.41, 5.74) is -0.509. The minimum atomic E-state index is -4.65. The van der Waals surface area contributed by atoms with Gasteiger partial charge in [-0.1, -0.05) is 0 Å². The smallest absolute Gasteiger partial charge is 0.368 e. The van der Waals surface area contributed by atoms with E-state index in [4.69, 9.17) is 0 Å². The number of hydrogen-bond donors (Lipinski definition) is 2. The van der Waals surface area contributed by atoms with Crippen molar-refractivity contribution < 1.29 is 30.8 Å². The topological polar surface area (TPSA) is 81.7 Å². The molecule has 166 valence electrons. The van der Waals surface area contributed by atoms with Crippen LogP contribution in [0.25, 0.3) is 0 Å². The van der Waals surface area contributed by atoms with Gasteiger partial charge in [0.2, 0.25) is 10.0 Å². The molecule has 0 aromatic heterocycles. The first-order chi connectivity index (χ1) is 14.5. The van der Waals surface area contributed by atoms with Crippen molar-refractivity contribution in [3.63, 3.8) is 0 Å². The molecule has 0 bridgehead atoms. The number of fused-ring (bicyclic) bond motifs is 1. The SMILES string of the molecule is O=C(C1Nc2cc(C(F)(F)F)ccc2S(=O)(=O)N1)N1CCN(c2ccc(F)cc2)CC1. The van der Waals surface area contributed by atoms with Crippen molar-refractivity contribution in [1.29, 1.82) is 0 Å². The van der Waals surface area contributed by atoms with Crippen molar-refractivity contribution in [2.75, 3.05) is 36.4 Å². The number of amides is 1. The molecule has 0 aliphatic carbocycles. The van der Waals surface area contributed by atoms with E-state index < -0.39 is 33.8 Å². The van der Waals surface area contributed by atoms with Gasteiger partial charge in [-0.25, -0.2) is 12.8 Å². The molecule has 12 heteroatoms. The van der Waals surface area contributed by atoms with E-state index in [9.17, 15) is 30.8 Å². The maximum atomic E-state index is 13.1. The van der Waals surface area contributed by atoms with Gasteiger partial charge in [-0.15, -0.1) is 0 Å². The van der Waals surface area contributed by atoms with E-state index in [1.807, 2.05) is 4.90 Å². The standard InChI is InChI=1S/C19H18F4N4O3S/c20-13-2-4-14(5-3-13)26-7-9-27(10-8-26)18(28)17-24-15-11-12(19(21,22)23)1-6-16(15)31(29,30)25-17/h1-6,11,17,24-25H,7-10H2. The van der Waals surface area contributed by atoms with E-state index in [0.29, 0.717) is 25.2 Å². The summed E-state index contributed by atoms with van der Waals surface area (Å²) in [4.78, 5) is 15.9. The second kappa shape index (κ2) is 7.68. The van der Waals surface area contributed by atoms with Gasteiger partial charge >= 0.3 is 6.18 Å². The number of halogens is 4. The monoisotopic (exact) mass is 458 g/mol. The Balaban J connectivity index is 1.48. The molecule has 1 saturated heterocycles. The second-order valence-electron chi connectivity index (χ2n) is 7.20. The molecule has 1 atom stereocenters. The highest BCUT2D eigenvalue weighted by molar-refractivity contribution is 7.89. The van der Waals surface area contributed by atoms with Crippen molar-refractivity contribution in [2.24, 2.45) is 0 Å². The molecule has 2 heterocycles. The number of rotatable bonds is 2. The molecule has 0 spiro atoms. The predicted molar refractivity (Wildman–Crippen MR) is 104 cm³/mol. The van der Waals surface area contributed by atoms with Crippen LogP contribution in [0.15, 0.2) is 47.4 Å². The number of nitrogens with one attached hydrogen (secondary N) is 2. The Kier molecular flexibility index (Phi) is 5.30. The first-order valence-corrected chi connectivity index (χ1v) is 10.8. The predicted octanol–water partition coefficient (Wildman–Crippen LogP) is 2.22. The minimum absolute atomic E-state index is 0.269. The first-order valence-electron chi connectivity index (χ1n) is 9.34. The zero-order chi connectivity index (χ0) is 22.4. The van der Waals surface area contributed by atoms with Crippen LogP contribution < -0.4 is 14.9 Å². The van der Waals surface area contributed by atoms with Gasteiger partial charge in [0, 0.05) is 31.9 Å². The molecule has 2 aromatic carbocycles. The van der Waals surface area contributed by atoms with Gasteiger partial charge in [0.25, 0.3) is 5.91 Å². The Morgan fingerprint density at radius 2 is 1.65 bits per heavy atom. The van der Waals surface area contributed by atoms with Crippen molar-refractivity contribution in [3.8, 4) is 0 Å². The minimum Gasteiger partial charge on any atom is -0.368 e. The van der Waals surface area contributed by atoms with Gasteiger partial charge in [0.1, 0.15) is 10.7 Å². The van der Waals surface area contributed by atoms with Crippen LogP contribution in [0.1, 0.15) is 5.56 Å². The summed E-state index contributed by atoms with van der Waals surface area (Å²) < 4.78 is 79.2. The fourth-order valence-electron chi connectivity index (χ4n) is 3.59. The van der Waals surface area contributed by atoms with Crippen LogP contribution in [-0.2, 0) is 21.0 Å². The van der Waals surface area contributed by atoms with Crippen LogP contribution >= 0.6 is 0 Å². The number of anilines is 2. The van der Waals surface area contributed by atoms with Crippen LogP contribution in [0, 0.1) is 5.82 Å². The number of benzene rings is 2. The fraction of sp³-hybridized carbons (Fsp3) is 0.316. The number of sulfonamides is 1. The average Bonchev–Trinajstić information content (AvgIpc) is 2.72. The highest BCUT2D eigenvalue weighted by Crippen LogP contribution is 2.35. The molecule has 1 unspecified atom stereocenters. The maximum absolute atomic E-state index is 13.1. The molecule has 2 N–H and O–H groups in total. The van der Waals surface area contributed by atoms with Gasteiger partial charge in [0.15, 0.2) is 6.17 Å². The summed E-state index contributed by atoms with van der Waals surface area (Å²) in [5.74, 6) is -0.951. The summed E-state index contributed by atoms with van der Waals surface area (Å²) in [6.45, 7) is 1.41. The number of carbonyl (C=O) groups excluding carboxylic acids is 1. The summed E-state index contributed by atoms with van der Waals surface area (Å²) in [7, 11) is -4.17. The molecular formula is C19H18F4N4O3S. The Hall–Kier alpha value is -2.86. The van der Waals surface area contributed by atoms with E-state index in [2.05, 4.69) is 10.0 Å². The second-order valence-corrected chi connectivity index (χ2v) is 8.88. The molecule has 1 fully saturated rings. The molecule has 2 aliphatic rings. The number of piperazine rings is 1. The van der Waals surface area contributed by atoms with Crippen molar-refractivity contribution >= 4 is 27.3 Å². The number of hydrogen-bond acceptors (Lipinski definition) is 5. The zero-order valence-corrected chi connectivity index (χ0v) is 16.8. The third-order valence-electron chi connectivity index (χ3n) is 5.20. The Labute approximate surface area is 175 Å². The van der Waals surface area contributed by atoms with Crippen LogP contribution in [0.4, 0.5) is 28.9 Å². The Morgan fingerprint density at radius 1 is 1.00 bits per heavy atom. The van der Waals surface area contributed by atoms with Crippen LogP contribution in [0.3, 0.4) is 0 Å². The molecule has 0 saturated carbocycles. The number of nitrogens with zero attached hydrogens (tertiary/aromatic N) is 2. The number of alkyl halides is 3. The van der Waals surface area contributed by atoms with Gasteiger partial charge in [0.05, 0.1) is 11.3 Å². The Morgan fingerprint density at radius 3 is 2.26 bits per heavy atom. The highest BCUT2D eigenvalue weighted by Gasteiger charge is 2.38. The van der Waals surface area contributed by atoms with E-state index in [-0.39, 0.29) is 29.5 Å². The molecule has 2 aromatic rings. The van der Waals surface area contributed by atoms with E-state index >= 15 is 0 Å². The number of carbonyl (C=O) groups is 1. The summed E-state index contributed by atoms with van der Waals surface area (Å²) in [6.07, 6.45) is -6.07. The van der Waals surface area contributed by atoms with Crippen molar-refractivity contribution in [2.45, 2.75) is 17.2 Å². The van der Waals surface area contributed by atoms with Crippen LogP contribution in [-0.4, -0.2) is 51.6 Å². The van der Waals surface area contributed by atoms with E-state index in [0.717, 1.165) is 11.8 Å². The van der Waals surface area contributed by atoms with Crippen LogP contribution in [0.5, 0.6) is 0 Å². The zero-order valence-electron chi connectivity index (χ0n) is 16.0. The largest absolute Gasteiger partial charge is 0.416 e. The van der Waals surface area contributed by atoms with Crippen LogP contribution in [0.2, 0.25) is 0 Å². The molecule has 7 nitrogen and oxygen atoms in total. The first kappa shape index (κ1) is 21.4. The lowest BCUT2D eigenvalue weighted by atomic mass is 10.2. The third-order valence-corrected chi connectivity index (χ3v) is 6.68. The molecule has 1 amide bonds. The molecule has 31 heavy (non-hydrogen) atoms. The quantitative estimate of drug-likeness (QED) is 0.675. The fourth-order valence-corrected chi connectivity index (χ4v) is 4.84. The summed E-state index contributed by atoms with van der Waals surface area (Å²) in [6, 6.07) is 8.13. The summed E-state index contributed by atoms with van der Waals surface area (Å²) >= 11 is 0. The molecule has 4 rings (SSSR count). The Bertz CT molecular complexity index is 1100. The van der Waals surface area contributed by atoms with Crippen molar-refractivity contribution in [3.05, 3.63) is 53.8 Å². The molecular weight excluding hydrogens is 440 g/mol. The lowest BCUT2D eigenvalue weighted by Gasteiger charge is -2.38. The summed E-state index contributed by atoms with van der Waals surface area (Å²) in [5, 5.41) is 2.57. The average molecular weight is 458 g/mol. The molecule has 2 aliphatic heterocycles. The van der Waals surface area contributed by atoms with E-state index in [1.165, 1.54) is 17.0 Å². The van der Waals surface area contributed by atoms with Gasteiger partial charge in [-0.2, -0.15) is 17.9 Å². The van der Waals surface area contributed by atoms with Crippen molar-refractivity contribution in [1.82, 2.24) is 9.62 Å². The molecule has 0 radical (unpaired) electrons.